The molecule has 0 fully saturated rings. The average molecular weight is 182 g/mol. The topological polar surface area (TPSA) is 24.8 Å². The highest BCUT2D eigenvalue weighted by atomic mass is 19.4. The molecule has 70 valence electrons. The lowest BCUT2D eigenvalue weighted by Gasteiger charge is -2.26. The predicted molar refractivity (Wildman–Crippen MR) is 36.9 cm³/mol. The van der Waals surface area contributed by atoms with E-state index in [4.69, 9.17) is 0 Å². The van der Waals surface area contributed by atoms with Gasteiger partial charge in [-0.05, 0) is 0 Å². The SMILES string of the molecule is COC1=NCCN(C(F)(F)F)C1. The normalized spacial score (nSPS) is 20.5. The van der Waals surface area contributed by atoms with Gasteiger partial charge in [-0.3, -0.25) is 4.99 Å². The highest BCUT2D eigenvalue weighted by molar-refractivity contribution is 5.78. The van der Waals surface area contributed by atoms with Gasteiger partial charge in [0.2, 0.25) is 0 Å². The van der Waals surface area contributed by atoms with Crippen LogP contribution in [0.5, 0.6) is 0 Å². The molecule has 0 atom stereocenters. The molecule has 0 aromatic rings. The summed E-state index contributed by atoms with van der Waals surface area (Å²) in [4.78, 5) is 4.14. The summed E-state index contributed by atoms with van der Waals surface area (Å²) in [7, 11) is 1.32. The monoisotopic (exact) mass is 182 g/mol. The number of methoxy groups -OCH3 is 1. The van der Waals surface area contributed by atoms with E-state index in [9.17, 15) is 13.2 Å². The van der Waals surface area contributed by atoms with Crippen LogP contribution in [0.15, 0.2) is 4.99 Å². The summed E-state index contributed by atoms with van der Waals surface area (Å²) in [5.41, 5.74) is 0. The molecular formula is C6H9F3N2O. The fourth-order valence-corrected chi connectivity index (χ4v) is 0.933. The Bertz CT molecular complexity index is 190. The number of alkyl halides is 3. The second kappa shape index (κ2) is 3.30. The van der Waals surface area contributed by atoms with Crippen molar-refractivity contribution >= 4 is 5.90 Å². The maximum atomic E-state index is 12.1. The minimum Gasteiger partial charge on any atom is -0.483 e. The lowest BCUT2D eigenvalue weighted by Crippen LogP contribution is -2.45. The van der Waals surface area contributed by atoms with Gasteiger partial charge in [-0.1, -0.05) is 0 Å². The smallest absolute Gasteiger partial charge is 0.460 e. The number of hydrogen-bond acceptors (Lipinski definition) is 3. The van der Waals surface area contributed by atoms with E-state index < -0.39 is 6.30 Å². The average Bonchev–Trinajstić information content (AvgIpc) is 2.03. The minimum atomic E-state index is -4.28. The molecule has 0 unspecified atom stereocenters. The molecule has 1 aliphatic heterocycles. The second-order valence-corrected chi connectivity index (χ2v) is 2.37. The van der Waals surface area contributed by atoms with Gasteiger partial charge in [0.15, 0.2) is 5.90 Å². The number of rotatable bonds is 0. The predicted octanol–water partition coefficient (Wildman–Crippen LogP) is 0.867. The number of nitrogens with zero attached hydrogens (tertiary/aromatic N) is 2. The molecule has 1 rings (SSSR count). The molecule has 0 amide bonds. The number of ether oxygens (including phenoxy) is 1. The van der Waals surface area contributed by atoms with Gasteiger partial charge in [-0.25, -0.2) is 4.90 Å². The summed E-state index contributed by atoms with van der Waals surface area (Å²) in [6.45, 7) is -0.223. The van der Waals surface area contributed by atoms with Crippen LogP contribution in [0.1, 0.15) is 0 Å². The van der Waals surface area contributed by atoms with Crippen molar-refractivity contribution in [2.45, 2.75) is 6.30 Å². The first kappa shape index (κ1) is 9.31. The molecule has 0 N–H and O–H groups in total. The zero-order chi connectivity index (χ0) is 9.19. The van der Waals surface area contributed by atoms with Gasteiger partial charge in [0, 0.05) is 6.54 Å². The van der Waals surface area contributed by atoms with Gasteiger partial charge in [-0.2, -0.15) is 13.2 Å². The van der Waals surface area contributed by atoms with E-state index in [1.165, 1.54) is 7.11 Å². The summed E-state index contributed by atoms with van der Waals surface area (Å²) >= 11 is 0. The van der Waals surface area contributed by atoms with Gasteiger partial charge < -0.3 is 4.74 Å². The van der Waals surface area contributed by atoms with E-state index >= 15 is 0 Å². The van der Waals surface area contributed by atoms with E-state index in [0.29, 0.717) is 4.90 Å². The molecule has 0 bridgehead atoms. The van der Waals surface area contributed by atoms with Crippen LogP contribution in [0, 0.1) is 0 Å². The lowest BCUT2D eigenvalue weighted by atomic mass is 10.4. The summed E-state index contributed by atoms with van der Waals surface area (Å²) in [5.74, 6) is 0.138. The first-order valence-electron chi connectivity index (χ1n) is 3.43. The Morgan fingerprint density at radius 2 is 2.17 bits per heavy atom. The summed E-state index contributed by atoms with van der Waals surface area (Å²) in [5, 5.41) is 0. The molecular weight excluding hydrogens is 173 g/mol. The van der Waals surface area contributed by atoms with Crippen LogP contribution in [0.25, 0.3) is 0 Å². The Morgan fingerprint density at radius 1 is 1.50 bits per heavy atom. The molecule has 0 saturated carbocycles. The van der Waals surface area contributed by atoms with Gasteiger partial charge >= 0.3 is 6.30 Å². The Labute approximate surface area is 67.8 Å². The van der Waals surface area contributed by atoms with Gasteiger partial charge in [0.1, 0.15) is 0 Å². The Hall–Kier alpha value is -0.780. The quantitative estimate of drug-likeness (QED) is 0.519. The van der Waals surface area contributed by atoms with Crippen LogP contribution < -0.4 is 0 Å². The van der Waals surface area contributed by atoms with E-state index in [0.717, 1.165) is 0 Å². The Balaban J connectivity index is 2.57. The maximum Gasteiger partial charge on any atom is 0.460 e. The van der Waals surface area contributed by atoms with E-state index in [2.05, 4.69) is 9.73 Å². The lowest BCUT2D eigenvalue weighted by molar-refractivity contribution is -0.241. The molecule has 0 aromatic carbocycles. The number of aliphatic imine (C=N–C) groups is 1. The van der Waals surface area contributed by atoms with Crippen molar-refractivity contribution < 1.29 is 17.9 Å². The van der Waals surface area contributed by atoms with Crippen LogP contribution in [-0.4, -0.2) is 43.8 Å². The summed E-state index contributed by atoms with van der Waals surface area (Å²) in [6.07, 6.45) is -4.28. The van der Waals surface area contributed by atoms with Gasteiger partial charge in [0.25, 0.3) is 0 Å². The van der Waals surface area contributed by atoms with Crippen molar-refractivity contribution in [3.05, 3.63) is 0 Å². The van der Waals surface area contributed by atoms with Crippen molar-refractivity contribution in [3.63, 3.8) is 0 Å². The zero-order valence-corrected chi connectivity index (χ0v) is 6.56. The van der Waals surface area contributed by atoms with E-state index in [-0.39, 0.29) is 25.5 Å². The third-order valence-electron chi connectivity index (χ3n) is 1.58. The van der Waals surface area contributed by atoms with Crippen LogP contribution in [0.3, 0.4) is 0 Å². The molecule has 6 heteroatoms. The first-order valence-corrected chi connectivity index (χ1v) is 3.43. The molecule has 1 heterocycles. The van der Waals surface area contributed by atoms with Crippen molar-refractivity contribution in [2.75, 3.05) is 26.7 Å². The van der Waals surface area contributed by atoms with Crippen LogP contribution in [0.2, 0.25) is 0 Å². The van der Waals surface area contributed by atoms with Crippen molar-refractivity contribution in [2.24, 2.45) is 4.99 Å². The van der Waals surface area contributed by atoms with E-state index in [1.54, 1.807) is 0 Å². The van der Waals surface area contributed by atoms with Gasteiger partial charge in [0.05, 0.1) is 20.2 Å². The standard InChI is InChI=1S/C6H9F3N2O/c1-12-5-4-11(3-2-10-5)6(7,8)9/h2-4H2,1H3. The highest BCUT2D eigenvalue weighted by Crippen LogP contribution is 2.21. The Kier molecular flexibility index (Phi) is 2.56. The second-order valence-electron chi connectivity index (χ2n) is 2.37. The maximum absolute atomic E-state index is 12.1. The molecule has 3 nitrogen and oxygen atoms in total. The van der Waals surface area contributed by atoms with Crippen molar-refractivity contribution in [1.29, 1.82) is 0 Å². The fourth-order valence-electron chi connectivity index (χ4n) is 0.933. The summed E-state index contributed by atoms with van der Waals surface area (Å²) in [6, 6.07) is 0. The highest BCUT2D eigenvalue weighted by Gasteiger charge is 2.38. The fraction of sp³-hybridized carbons (Fsp3) is 0.833. The zero-order valence-electron chi connectivity index (χ0n) is 6.56. The largest absolute Gasteiger partial charge is 0.483 e. The van der Waals surface area contributed by atoms with Crippen molar-refractivity contribution in [1.82, 2.24) is 4.90 Å². The molecule has 0 aromatic heterocycles. The molecule has 0 saturated heterocycles. The number of hydrogen-bond donors (Lipinski definition) is 0. The van der Waals surface area contributed by atoms with Crippen LogP contribution in [-0.2, 0) is 4.74 Å². The molecule has 0 aliphatic carbocycles. The van der Waals surface area contributed by atoms with Crippen molar-refractivity contribution in [3.8, 4) is 0 Å². The minimum absolute atomic E-state index is 0.0869. The third-order valence-corrected chi connectivity index (χ3v) is 1.58. The number of halogens is 3. The molecule has 0 radical (unpaired) electrons. The van der Waals surface area contributed by atoms with Gasteiger partial charge in [-0.15, -0.1) is 0 Å². The molecule has 1 aliphatic rings. The summed E-state index contributed by atoms with van der Waals surface area (Å²) < 4.78 is 40.8. The molecule has 0 spiro atoms. The van der Waals surface area contributed by atoms with Crippen LogP contribution in [0.4, 0.5) is 13.2 Å². The molecule has 12 heavy (non-hydrogen) atoms. The van der Waals surface area contributed by atoms with E-state index in [1.807, 2.05) is 0 Å². The Morgan fingerprint density at radius 3 is 2.67 bits per heavy atom. The first-order chi connectivity index (χ1) is 5.54. The third kappa shape index (κ3) is 2.10. The van der Waals surface area contributed by atoms with Crippen LogP contribution >= 0.6 is 0 Å².